The summed E-state index contributed by atoms with van der Waals surface area (Å²) in [5.74, 6) is -0.0409. The van der Waals surface area contributed by atoms with Crippen molar-refractivity contribution in [3.8, 4) is 16.9 Å². The number of aromatic nitrogens is 1. The second kappa shape index (κ2) is 14.5. The predicted octanol–water partition coefficient (Wildman–Crippen LogP) is 5.00. The van der Waals surface area contributed by atoms with Gasteiger partial charge in [0.1, 0.15) is 29.0 Å². The number of carbonyl (C=O) groups excluding carboxylic acids is 1. The van der Waals surface area contributed by atoms with Crippen molar-refractivity contribution < 1.29 is 23.8 Å². The molecule has 1 amide bonds. The zero-order valence-corrected chi connectivity index (χ0v) is 27.2. The maximum Gasteiger partial charge on any atom is 0.255 e. The number of β-amino-alcohol motifs (C(OH)–C–C–N with tert-alkyl or cyclic N) is 1. The number of anilines is 2. The third kappa shape index (κ3) is 7.98. The van der Waals surface area contributed by atoms with Crippen molar-refractivity contribution in [2.24, 2.45) is 4.99 Å². The summed E-state index contributed by atoms with van der Waals surface area (Å²) in [5.41, 5.74) is 3.58. The molecule has 0 bridgehead atoms. The summed E-state index contributed by atoms with van der Waals surface area (Å²) in [5, 5.41) is 30.1. The van der Waals surface area contributed by atoms with Gasteiger partial charge in [-0.05, 0) is 91.3 Å². The molecule has 1 saturated carbocycles. The first-order chi connectivity index (χ1) is 23.8. The van der Waals surface area contributed by atoms with Gasteiger partial charge in [-0.25, -0.2) is 13.8 Å². The summed E-state index contributed by atoms with van der Waals surface area (Å²) in [6.45, 7) is 3.31. The first-order valence-electron chi connectivity index (χ1n) is 16.9. The van der Waals surface area contributed by atoms with Crippen LogP contribution in [0.1, 0.15) is 48.0 Å². The van der Waals surface area contributed by atoms with Crippen molar-refractivity contribution in [1.29, 1.82) is 0 Å². The lowest BCUT2D eigenvalue weighted by Gasteiger charge is -2.30. The lowest BCUT2D eigenvalue weighted by molar-refractivity contribution is 0.0924. The highest BCUT2D eigenvalue weighted by Crippen LogP contribution is 2.32. The van der Waals surface area contributed by atoms with E-state index in [1.165, 1.54) is 18.3 Å². The summed E-state index contributed by atoms with van der Waals surface area (Å²) in [7, 11) is 0. The number of nitrogens with zero attached hydrogens (tertiary/aromatic N) is 4. The molecule has 1 saturated heterocycles. The molecule has 4 aliphatic rings. The standard InChI is InChI=1S/C37H41F2N7O3/c38-25-4-11-35-42-30(21-46(35)20-25)18-40-27-5-7-28(8-6-27)44-37(49)34-16-26(39)17-41-36(34)43-29-3-1-2-23(14-29)33-10-9-31(47)15-24(33)19-45-13-12-32(48)22-45/h1-4,9-11,14-17,20,27-28,30,32,40,47-48H,5-8,12-13,18-19,21-22H2,(H,41,43)(H,44,49)/t27-,28+,30?,32-/m0/s1. The van der Waals surface area contributed by atoms with Crippen molar-refractivity contribution in [2.45, 2.75) is 62.9 Å². The highest BCUT2D eigenvalue weighted by Gasteiger charge is 2.28. The number of halogens is 2. The number of aliphatic hydroxyl groups is 1. The Morgan fingerprint density at radius 3 is 2.63 bits per heavy atom. The number of hydrogen-bond acceptors (Lipinski definition) is 9. The number of carbonyl (C=O) groups is 1. The molecule has 12 heteroatoms. The minimum atomic E-state index is -0.599. The number of allylic oxidation sites excluding steroid dienone is 2. The van der Waals surface area contributed by atoms with Gasteiger partial charge in [0.25, 0.3) is 5.91 Å². The zero-order chi connectivity index (χ0) is 33.9. The number of phenolic OH excluding ortho intramolecular Hbond substituents is 1. The molecule has 4 heterocycles. The van der Waals surface area contributed by atoms with Crippen LogP contribution in [0.4, 0.5) is 20.3 Å². The van der Waals surface area contributed by atoms with Gasteiger partial charge >= 0.3 is 0 Å². The molecule has 3 aliphatic heterocycles. The number of benzene rings is 2. The quantitative estimate of drug-likeness (QED) is 0.205. The Morgan fingerprint density at radius 2 is 1.82 bits per heavy atom. The molecule has 10 nitrogen and oxygen atoms in total. The molecule has 1 aliphatic carbocycles. The van der Waals surface area contributed by atoms with Crippen LogP contribution in [0.15, 0.2) is 83.9 Å². The van der Waals surface area contributed by atoms with Gasteiger partial charge in [-0.2, -0.15) is 0 Å². The van der Waals surface area contributed by atoms with Crippen LogP contribution in [0.5, 0.6) is 5.75 Å². The van der Waals surface area contributed by atoms with E-state index in [9.17, 15) is 23.8 Å². The smallest absolute Gasteiger partial charge is 0.255 e. The molecule has 1 aromatic heterocycles. The van der Waals surface area contributed by atoms with Crippen molar-refractivity contribution in [2.75, 3.05) is 31.5 Å². The van der Waals surface area contributed by atoms with Crippen molar-refractivity contribution in [3.05, 3.63) is 95.9 Å². The van der Waals surface area contributed by atoms with E-state index in [1.54, 1.807) is 18.2 Å². The van der Waals surface area contributed by atoms with E-state index in [0.717, 1.165) is 67.4 Å². The van der Waals surface area contributed by atoms with Gasteiger partial charge in [0.2, 0.25) is 0 Å². The number of likely N-dealkylation sites (tertiary alicyclic amines) is 1. The fourth-order valence-corrected chi connectivity index (χ4v) is 7.15. The van der Waals surface area contributed by atoms with Gasteiger partial charge in [0, 0.05) is 56.7 Å². The van der Waals surface area contributed by atoms with Crippen LogP contribution >= 0.6 is 0 Å². The average molecular weight is 670 g/mol. The minimum Gasteiger partial charge on any atom is -0.508 e. The number of pyridine rings is 1. The Hall–Kier alpha value is -4.65. The number of aromatic hydroxyl groups is 1. The normalized spacial score (nSPS) is 23.6. The highest BCUT2D eigenvalue weighted by molar-refractivity contribution is 5.99. The number of phenols is 1. The maximum atomic E-state index is 14.4. The SMILES string of the molecule is O=C(N[C@H]1CC[C@@H](NCC2CN3C=C(F)C=CC3=N2)CC1)c1cc(F)cnc1Nc1cccc(-c2ccc(O)cc2CN2CC[C@H](O)C2)c1. The number of amidine groups is 1. The molecule has 5 N–H and O–H groups in total. The molecule has 1 unspecified atom stereocenters. The summed E-state index contributed by atoms with van der Waals surface area (Å²) in [6, 6.07) is 14.4. The molecule has 0 spiro atoms. The van der Waals surface area contributed by atoms with Gasteiger partial charge < -0.3 is 31.1 Å². The van der Waals surface area contributed by atoms with Gasteiger partial charge in [0.05, 0.1) is 23.9 Å². The monoisotopic (exact) mass is 669 g/mol. The van der Waals surface area contributed by atoms with E-state index in [2.05, 4.69) is 30.8 Å². The number of amides is 1. The largest absolute Gasteiger partial charge is 0.508 e. The fourth-order valence-electron chi connectivity index (χ4n) is 7.15. The van der Waals surface area contributed by atoms with Crippen molar-refractivity contribution >= 4 is 23.2 Å². The molecule has 7 rings (SSSR count). The van der Waals surface area contributed by atoms with E-state index < -0.39 is 5.82 Å². The molecule has 0 radical (unpaired) electrons. The van der Waals surface area contributed by atoms with Crippen LogP contribution < -0.4 is 16.0 Å². The van der Waals surface area contributed by atoms with Gasteiger partial charge in [-0.3, -0.25) is 14.7 Å². The topological polar surface area (TPSA) is 125 Å². The van der Waals surface area contributed by atoms with E-state index in [-0.39, 0.29) is 47.1 Å². The number of aliphatic imine (C=N–C) groups is 1. The van der Waals surface area contributed by atoms with Crippen molar-refractivity contribution in [1.82, 2.24) is 25.4 Å². The second-order valence-corrected chi connectivity index (χ2v) is 13.3. The van der Waals surface area contributed by atoms with Crippen molar-refractivity contribution in [3.63, 3.8) is 0 Å². The Bertz CT molecular complexity index is 1790. The summed E-state index contributed by atoms with van der Waals surface area (Å²) < 4.78 is 28.0. The summed E-state index contributed by atoms with van der Waals surface area (Å²) >= 11 is 0. The molecular formula is C37H41F2N7O3. The number of hydrogen-bond donors (Lipinski definition) is 5. The van der Waals surface area contributed by atoms with E-state index >= 15 is 0 Å². The van der Waals surface area contributed by atoms with Crippen LogP contribution in [0.2, 0.25) is 0 Å². The highest BCUT2D eigenvalue weighted by atomic mass is 19.1. The number of rotatable bonds is 10. The minimum absolute atomic E-state index is 0.0476. The van der Waals surface area contributed by atoms with E-state index in [0.29, 0.717) is 37.9 Å². The Morgan fingerprint density at radius 1 is 0.980 bits per heavy atom. The van der Waals surface area contributed by atoms with Crippen LogP contribution in [0, 0.1) is 5.82 Å². The Balaban J connectivity index is 0.965. The van der Waals surface area contributed by atoms with Gasteiger partial charge in [-0.1, -0.05) is 18.2 Å². The lowest BCUT2D eigenvalue weighted by Crippen LogP contribution is -2.44. The number of nitrogens with one attached hydrogen (secondary N) is 3. The average Bonchev–Trinajstić information content (AvgIpc) is 3.70. The molecule has 2 fully saturated rings. The first-order valence-corrected chi connectivity index (χ1v) is 16.9. The third-order valence-electron chi connectivity index (χ3n) is 9.66. The Kier molecular flexibility index (Phi) is 9.70. The maximum absolute atomic E-state index is 14.4. The van der Waals surface area contributed by atoms with E-state index in [4.69, 9.17) is 0 Å². The van der Waals surface area contributed by atoms with Crippen LogP contribution in [-0.4, -0.2) is 87.1 Å². The summed E-state index contributed by atoms with van der Waals surface area (Å²) in [6.07, 6.45) is 9.41. The van der Waals surface area contributed by atoms with Crippen LogP contribution in [-0.2, 0) is 6.54 Å². The number of aliphatic hydroxyl groups excluding tert-OH is 1. The summed E-state index contributed by atoms with van der Waals surface area (Å²) in [4.78, 5) is 26.4. The van der Waals surface area contributed by atoms with Gasteiger partial charge in [-0.15, -0.1) is 0 Å². The second-order valence-electron chi connectivity index (χ2n) is 13.3. The zero-order valence-electron chi connectivity index (χ0n) is 27.2. The van der Waals surface area contributed by atoms with Crippen LogP contribution in [0.25, 0.3) is 11.1 Å². The fraction of sp³-hybridized carbons (Fsp3) is 0.378. The molecule has 2 atom stereocenters. The molecule has 256 valence electrons. The predicted molar refractivity (Wildman–Crippen MR) is 185 cm³/mol. The molecular weight excluding hydrogens is 628 g/mol. The molecule has 2 aromatic carbocycles. The van der Waals surface area contributed by atoms with Crippen LogP contribution in [0.3, 0.4) is 0 Å². The molecule has 49 heavy (non-hydrogen) atoms. The molecule has 3 aromatic rings. The Labute approximate surface area is 284 Å². The first kappa shape index (κ1) is 32.9. The third-order valence-corrected chi connectivity index (χ3v) is 9.66. The lowest BCUT2D eigenvalue weighted by atomic mass is 9.91. The number of fused-ring (bicyclic) bond motifs is 1. The van der Waals surface area contributed by atoms with Gasteiger partial charge in [0.15, 0.2) is 0 Å². The van der Waals surface area contributed by atoms with E-state index in [1.807, 2.05) is 35.2 Å².